The second-order valence-electron chi connectivity index (χ2n) is 9.42. The highest BCUT2D eigenvalue weighted by Crippen LogP contribution is 2.34. The van der Waals surface area contributed by atoms with E-state index in [0.29, 0.717) is 25.0 Å². The zero-order chi connectivity index (χ0) is 28.3. The van der Waals surface area contributed by atoms with E-state index in [1.165, 1.54) is 12.1 Å². The van der Waals surface area contributed by atoms with Gasteiger partial charge in [0.15, 0.2) is 0 Å². The predicted molar refractivity (Wildman–Crippen MR) is 143 cm³/mol. The normalized spacial score (nSPS) is 15.2. The monoisotopic (exact) mass is 548 g/mol. The molecule has 40 heavy (non-hydrogen) atoms. The molecule has 4 aromatic rings. The third-order valence-corrected chi connectivity index (χ3v) is 6.77. The summed E-state index contributed by atoms with van der Waals surface area (Å²) in [4.78, 5) is 11.8. The van der Waals surface area contributed by atoms with Crippen molar-refractivity contribution in [2.75, 3.05) is 7.05 Å². The van der Waals surface area contributed by atoms with Crippen molar-refractivity contribution in [3.8, 4) is 11.4 Å². The van der Waals surface area contributed by atoms with Crippen LogP contribution >= 0.6 is 0 Å². The second-order valence-corrected chi connectivity index (χ2v) is 9.42. The number of halogens is 3. The van der Waals surface area contributed by atoms with E-state index in [-0.39, 0.29) is 18.4 Å². The number of hydrogen-bond acceptors (Lipinski definition) is 5. The summed E-state index contributed by atoms with van der Waals surface area (Å²) < 4.78 is 42.3. The first-order valence-corrected chi connectivity index (χ1v) is 12.7. The van der Waals surface area contributed by atoms with E-state index in [2.05, 4.69) is 21.7 Å². The number of rotatable bonds is 8. The number of hydrogen-bond donors (Lipinski definition) is 2. The summed E-state index contributed by atoms with van der Waals surface area (Å²) in [6, 6.07) is 14.8. The summed E-state index contributed by atoms with van der Waals surface area (Å²) in [6.07, 6.45) is 4.68. The highest BCUT2D eigenvalue weighted by atomic mass is 19.4. The molecule has 206 valence electrons. The van der Waals surface area contributed by atoms with Crippen molar-refractivity contribution in [1.82, 2.24) is 30.1 Å². The lowest BCUT2D eigenvalue weighted by atomic mass is 9.89. The SMILES string of the molecule is CNC(=O)CCc1cc(C2=CCC(c3ccc(C(F)(F)F)cc3)C=C2)n(-c2ccc(-n3cc(CO)nn3)cc2)n1. The summed E-state index contributed by atoms with van der Waals surface area (Å²) in [5, 5.41) is 24.6. The molecule has 1 atom stereocenters. The van der Waals surface area contributed by atoms with E-state index >= 15 is 0 Å². The van der Waals surface area contributed by atoms with E-state index in [1.54, 1.807) is 17.9 Å². The van der Waals surface area contributed by atoms with Crippen molar-refractivity contribution >= 4 is 11.5 Å². The van der Waals surface area contributed by atoms with Crippen molar-refractivity contribution in [1.29, 1.82) is 0 Å². The molecule has 0 saturated heterocycles. The molecule has 1 aliphatic rings. The van der Waals surface area contributed by atoms with Crippen LogP contribution in [0.25, 0.3) is 16.9 Å². The highest BCUT2D eigenvalue weighted by Gasteiger charge is 2.30. The molecule has 1 aliphatic carbocycles. The van der Waals surface area contributed by atoms with Crippen molar-refractivity contribution in [2.24, 2.45) is 0 Å². The number of carbonyl (C=O) groups is 1. The van der Waals surface area contributed by atoms with Crippen molar-refractivity contribution in [3.63, 3.8) is 0 Å². The quantitative estimate of drug-likeness (QED) is 0.331. The molecule has 2 aromatic carbocycles. The Morgan fingerprint density at radius 1 is 1.07 bits per heavy atom. The van der Waals surface area contributed by atoms with Crippen LogP contribution in [0.1, 0.15) is 47.0 Å². The van der Waals surface area contributed by atoms with Crippen LogP contribution in [0.2, 0.25) is 0 Å². The molecule has 5 rings (SSSR count). The molecule has 1 unspecified atom stereocenters. The van der Waals surface area contributed by atoms with Gasteiger partial charge in [0.2, 0.25) is 5.91 Å². The van der Waals surface area contributed by atoms with E-state index in [9.17, 15) is 23.1 Å². The summed E-state index contributed by atoms with van der Waals surface area (Å²) >= 11 is 0. The molecule has 0 bridgehead atoms. The number of alkyl halides is 3. The van der Waals surface area contributed by atoms with Gasteiger partial charge in [0.1, 0.15) is 5.69 Å². The topological polar surface area (TPSA) is 97.9 Å². The average molecular weight is 549 g/mol. The minimum atomic E-state index is -4.36. The fraction of sp³-hybridized carbons (Fsp3) is 0.241. The van der Waals surface area contributed by atoms with Gasteiger partial charge in [-0.2, -0.15) is 18.3 Å². The van der Waals surface area contributed by atoms with Crippen molar-refractivity contribution in [2.45, 2.75) is 38.0 Å². The predicted octanol–water partition coefficient (Wildman–Crippen LogP) is 4.77. The Labute approximate surface area is 228 Å². The summed E-state index contributed by atoms with van der Waals surface area (Å²) in [5.41, 5.74) is 4.69. The lowest BCUT2D eigenvalue weighted by Gasteiger charge is -2.18. The van der Waals surface area contributed by atoms with Gasteiger partial charge in [0, 0.05) is 25.8 Å². The molecular formula is C29H27F3N6O2. The maximum absolute atomic E-state index is 13.0. The van der Waals surface area contributed by atoms with E-state index in [4.69, 9.17) is 5.10 Å². The fourth-order valence-corrected chi connectivity index (χ4v) is 4.54. The molecule has 0 radical (unpaired) electrons. The number of allylic oxidation sites excluding steroid dienone is 4. The Hall–Kier alpha value is -4.51. The number of nitrogens with zero attached hydrogens (tertiary/aromatic N) is 5. The van der Waals surface area contributed by atoms with Gasteiger partial charge in [-0.05, 0) is 60.0 Å². The van der Waals surface area contributed by atoms with Gasteiger partial charge in [0.25, 0.3) is 0 Å². The largest absolute Gasteiger partial charge is 0.416 e. The minimum absolute atomic E-state index is 0.0408. The van der Waals surface area contributed by atoms with Crippen LogP contribution in [0, 0.1) is 0 Å². The standard InChI is InChI=1S/C29H27F3N6O2/c1-33-28(40)15-10-23-16-27(21-4-2-19(3-5-21)20-6-8-22(9-7-20)29(30,31)32)38(35-23)26-13-11-25(12-14-26)37-17-24(18-39)34-36-37/h2,4-9,11-14,16-17,19,39H,3,10,15,18H2,1H3,(H,33,40). The van der Waals surface area contributed by atoms with E-state index in [0.717, 1.165) is 46.0 Å². The van der Waals surface area contributed by atoms with E-state index in [1.807, 2.05) is 47.2 Å². The zero-order valence-electron chi connectivity index (χ0n) is 21.6. The molecule has 2 aromatic heterocycles. The van der Waals surface area contributed by atoms with Crippen LogP contribution in [0.15, 0.2) is 79.0 Å². The van der Waals surface area contributed by atoms with Gasteiger partial charge in [-0.1, -0.05) is 35.6 Å². The molecule has 8 nitrogen and oxygen atoms in total. The lowest BCUT2D eigenvalue weighted by molar-refractivity contribution is -0.137. The van der Waals surface area contributed by atoms with Gasteiger partial charge >= 0.3 is 6.18 Å². The van der Waals surface area contributed by atoms with Gasteiger partial charge < -0.3 is 10.4 Å². The molecule has 2 heterocycles. The molecule has 0 fully saturated rings. The fourth-order valence-electron chi connectivity index (χ4n) is 4.54. The molecule has 1 amide bonds. The van der Waals surface area contributed by atoms with Crippen LogP contribution < -0.4 is 5.32 Å². The highest BCUT2D eigenvalue weighted by molar-refractivity contribution is 5.76. The first-order chi connectivity index (χ1) is 19.2. The Morgan fingerprint density at radius 2 is 1.80 bits per heavy atom. The first kappa shape index (κ1) is 27.1. The number of benzene rings is 2. The molecule has 0 saturated carbocycles. The smallest absolute Gasteiger partial charge is 0.390 e. The molecule has 2 N–H and O–H groups in total. The number of aromatic nitrogens is 5. The maximum atomic E-state index is 13.0. The second kappa shape index (κ2) is 11.3. The third kappa shape index (κ3) is 5.89. The van der Waals surface area contributed by atoms with Crippen LogP contribution in [0.4, 0.5) is 13.2 Å². The third-order valence-electron chi connectivity index (χ3n) is 6.77. The number of aryl methyl sites for hydroxylation is 1. The molecule has 11 heteroatoms. The van der Waals surface area contributed by atoms with Gasteiger partial charge in [-0.3, -0.25) is 4.79 Å². The number of nitrogens with one attached hydrogen (secondary N) is 1. The van der Waals surface area contributed by atoms with Crippen LogP contribution in [-0.2, 0) is 24.0 Å². The van der Waals surface area contributed by atoms with Gasteiger partial charge in [-0.15, -0.1) is 5.10 Å². The zero-order valence-corrected chi connectivity index (χ0v) is 21.6. The van der Waals surface area contributed by atoms with Crippen LogP contribution in [0.5, 0.6) is 0 Å². The Morgan fingerprint density at radius 3 is 2.40 bits per heavy atom. The Bertz CT molecular complexity index is 1550. The number of carbonyl (C=O) groups excluding carboxylic acids is 1. The van der Waals surface area contributed by atoms with Gasteiger partial charge in [0.05, 0.1) is 41.1 Å². The lowest BCUT2D eigenvalue weighted by Crippen LogP contribution is -2.18. The average Bonchev–Trinajstić information content (AvgIpc) is 3.63. The minimum Gasteiger partial charge on any atom is -0.390 e. The number of aliphatic hydroxyl groups excluding tert-OH is 1. The first-order valence-electron chi connectivity index (χ1n) is 12.7. The Kier molecular flexibility index (Phi) is 7.65. The summed E-state index contributed by atoms with van der Waals surface area (Å²) in [7, 11) is 1.59. The van der Waals surface area contributed by atoms with Crippen molar-refractivity contribution in [3.05, 3.63) is 107 Å². The summed E-state index contributed by atoms with van der Waals surface area (Å²) in [6.45, 7) is -0.198. The summed E-state index contributed by atoms with van der Waals surface area (Å²) in [5.74, 6) is -0.118. The molecule has 0 spiro atoms. The number of aliphatic hydroxyl groups is 1. The Balaban J connectivity index is 1.41. The van der Waals surface area contributed by atoms with E-state index < -0.39 is 11.7 Å². The van der Waals surface area contributed by atoms with Crippen LogP contribution in [0.3, 0.4) is 0 Å². The van der Waals surface area contributed by atoms with Crippen molar-refractivity contribution < 1.29 is 23.1 Å². The molecule has 0 aliphatic heterocycles. The molecular weight excluding hydrogens is 521 g/mol. The number of amides is 1. The van der Waals surface area contributed by atoms with Gasteiger partial charge in [-0.25, -0.2) is 9.36 Å². The maximum Gasteiger partial charge on any atom is 0.416 e. The van der Waals surface area contributed by atoms with Crippen LogP contribution in [-0.4, -0.2) is 42.8 Å².